The lowest BCUT2D eigenvalue weighted by molar-refractivity contribution is -0.155. The molecule has 0 radical (unpaired) electrons. The summed E-state index contributed by atoms with van der Waals surface area (Å²) in [7, 11) is 1.49. The van der Waals surface area contributed by atoms with Crippen LogP contribution in [0, 0.1) is 0 Å². The molecule has 1 fully saturated rings. The number of benzene rings is 1. The van der Waals surface area contributed by atoms with Crippen LogP contribution >= 0.6 is 0 Å². The van der Waals surface area contributed by atoms with Gasteiger partial charge in [-0.15, -0.1) is 5.10 Å². The minimum absolute atomic E-state index is 0.0143. The molecule has 18 nitrogen and oxygen atoms in total. The summed E-state index contributed by atoms with van der Waals surface area (Å²) >= 11 is 0. The third kappa shape index (κ3) is 12.6. The number of methoxy groups -OCH3 is 1. The Kier molecular flexibility index (Phi) is 14.2. The van der Waals surface area contributed by atoms with E-state index in [1.807, 2.05) is 23.6 Å². The second-order valence-electron chi connectivity index (χ2n) is 12.0. The molecule has 3 rings (SSSR count). The highest BCUT2D eigenvalue weighted by atomic mass is 16.6. The number of esters is 1. The largest absolute Gasteiger partial charge is 0.460 e. The maximum atomic E-state index is 14.1. The van der Waals surface area contributed by atoms with Gasteiger partial charge in [0, 0.05) is 26.3 Å². The highest BCUT2D eigenvalue weighted by Gasteiger charge is 2.37. The molecule has 0 aliphatic carbocycles. The summed E-state index contributed by atoms with van der Waals surface area (Å²) in [6.45, 7) is 5.42. The van der Waals surface area contributed by atoms with Crippen molar-refractivity contribution in [2.75, 3.05) is 13.7 Å². The number of nitrogens with one attached hydrogen (secondary N) is 3. The molecule has 5 amide bonds. The molecule has 1 aromatic heterocycles. The van der Waals surface area contributed by atoms with Gasteiger partial charge in [0.1, 0.15) is 31.0 Å². The van der Waals surface area contributed by atoms with Crippen LogP contribution in [-0.2, 0) is 48.4 Å². The zero-order valence-corrected chi connectivity index (χ0v) is 27.6. The normalized spacial score (nSPS) is 16.1. The highest BCUT2D eigenvalue weighted by Crippen LogP contribution is 2.20. The van der Waals surface area contributed by atoms with E-state index in [-0.39, 0.29) is 39.1 Å². The molecule has 5 N–H and O–H groups in total. The number of carbonyl (C=O) groups excluding carboxylic acids is 5. The van der Waals surface area contributed by atoms with E-state index in [9.17, 15) is 24.0 Å². The van der Waals surface area contributed by atoms with Crippen molar-refractivity contribution in [1.82, 2.24) is 41.2 Å². The smallest absolute Gasteiger partial charge is 0.408 e. The first-order chi connectivity index (χ1) is 22.9. The van der Waals surface area contributed by atoms with Crippen molar-refractivity contribution in [2.24, 2.45) is 10.8 Å². The lowest BCUT2D eigenvalue weighted by Gasteiger charge is -2.37. The van der Waals surface area contributed by atoms with E-state index in [1.165, 1.54) is 16.7 Å². The summed E-state index contributed by atoms with van der Waals surface area (Å²) in [6, 6.07) is 5.08. The molecular formula is C30H44N10O8. The maximum Gasteiger partial charge on any atom is 0.408 e. The summed E-state index contributed by atoms with van der Waals surface area (Å²) in [4.78, 5) is 65.8. The Labute approximate surface area is 278 Å². The van der Waals surface area contributed by atoms with Gasteiger partial charge in [0.05, 0.1) is 12.5 Å². The predicted octanol–water partition coefficient (Wildman–Crippen LogP) is 0.756. The number of nitrogens with two attached hydrogens (primary N) is 1. The molecule has 0 saturated carbocycles. The number of likely N-dealkylation sites (tertiary alicyclic amines) is 1. The number of hydrazone groups is 1. The Bertz CT molecular complexity index is 1410. The molecule has 2 aromatic rings. The van der Waals surface area contributed by atoms with Crippen LogP contribution in [0.15, 0.2) is 35.4 Å². The van der Waals surface area contributed by atoms with Crippen LogP contribution in [0.1, 0.15) is 64.3 Å². The van der Waals surface area contributed by atoms with E-state index in [1.54, 1.807) is 32.9 Å². The van der Waals surface area contributed by atoms with Crippen LogP contribution in [0.3, 0.4) is 0 Å². The van der Waals surface area contributed by atoms with E-state index >= 15 is 0 Å². The maximum absolute atomic E-state index is 14.1. The van der Waals surface area contributed by atoms with Crippen molar-refractivity contribution in [3.8, 4) is 0 Å². The second kappa shape index (κ2) is 18.3. The van der Waals surface area contributed by atoms with Crippen LogP contribution in [0.5, 0.6) is 0 Å². The molecule has 1 aromatic carbocycles. The van der Waals surface area contributed by atoms with E-state index in [0.29, 0.717) is 25.1 Å². The summed E-state index contributed by atoms with van der Waals surface area (Å²) in [5.74, 6) is -1.26. The number of rotatable bonds is 15. The number of tetrazole rings is 1. The summed E-state index contributed by atoms with van der Waals surface area (Å²) in [5.41, 5.74) is 7.09. The zero-order valence-electron chi connectivity index (χ0n) is 27.6. The number of carbonyl (C=O) groups is 5. The fourth-order valence-corrected chi connectivity index (χ4v) is 4.90. The minimum atomic E-state index is -1.10. The van der Waals surface area contributed by atoms with Crippen molar-refractivity contribution in [3.63, 3.8) is 0 Å². The van der Waals surface area contributed by atoms with Gasteiger partial charge >= 0.3 is 18.1 Å². The third-order valence-corrected chi connectivity index (χ3v) is 6.97. The molecule has 1 aliphatic heterocycles. The Morgan fingerprint density at radius 1 is 1.12 bits per heavy atom. The molecule has 1 aliphatic rings. The number of aryl methyl sites for hydroxylation is 1. The molecule has 2 heterocycles. The van der Waals surface area contributed by atoms with Gasteiger partial charge < -0.3 is 35.5 Å². The van der Waals surface area contributed by atoms with E-state index in [0.717, 1.165) is 11.8 Å². The van der Waals surface area contributed by atoms with Gasteiger partial charge in [-0.3, -0.25) is 14.4 Å². The number of amides is 5. The fourth-order valence-electron chi connectivity index (χ4n) is 4.90. The number of urea groups is 1. The molecular weight excluding hydrogens is 628 g/mol. The van der Waals surface area contributed by atoms with Gasteiger partial charge in [0.25, 0.3) is 0 Å². The van der Waals surface area contributed by atoms with Crippen molar-refractivity contribution >= 4 is 36.1 Å². The van der Waals surface area contributed by atoms with Gasteiger partial charge in [-0.1, -0.05) is 30.3 Å². The van der Waals surface area contributed by atoms with Gasteiger partial charge in [-0.25, -0.2) is 19.7 Å². The molecule has 0 spiro atoms. The first-order valence-corrected chi connectivity index (χ1v) is 15.5. The molecule has 1 saturated heterocycles. The first kappa shape index (κ1) is 37.3. The molecule has 48 heavy (non-hydrogen) atoms. The number of piperidine rings is 1. The van der Waals surface area contributed by atoms with Gasteiger partial charge in [-0.05, 0) is 62.4 Å². The van der Waals surface area contributed by atoms with E-state index in [4.69, 9.17) is 19.9 Å². The van der Waals surface area contributed by atoms with Crippen molar-refractivity contribution in [1.29, 1.82) is 0 Å². The molecule has 0 unspecified atom stereocenters. The van der Waals surface area contributed by atoms with E-state index in [2.05, 4.69) is 31.3 Å². The molecule has 3 atom stereocenters. The Hall–Kier alpha value is -5.13. The van der Waals surface area contributed by atoms with Crippen LogP contribution in [0.25, 0.3) is 0 Å². The van der Waals surface area contributed by atoms with Gasteiger partial charge in [0.15, 0.2) is 5.82 Å². The summed E-state index contributed by atoms with van der Waals surface area (Å²) in [6.07, 6.45) is 1.91. The first-order valence-electron chi connectivity index (χ1n) is 15.5. The number of primary amides is 1. The average Bonchev–Trinajstić information content (AvgIpc) is 3.48. The number of hydrogen-bond donors (Lipinski definition) is 4. The molecule has 0 bridgehead atoms. The predicted molar refractivity (Wildman–Crippen MR) is 170 cm³/mol. The number of aromatic nitrogens is 4. The van der Waals surface area contributed by atoms with Crippen LogP contribution in [0.2, 0.25) is 0 Å². The zero-order chi connectivity index (χ0) is 35.1. The standard InChI is InChI=1S/C30H44N10O8/c1-30(2,3)48-25(41)16-21(17-32-36-28(31)44)33-26(42)23-12-8-9-15-39(23)27(43)22(13-14-24-35-37-38-40(24)19-46-4)34-29(45)47-18-20-10-6-5-7-11-20/h5-7,10-11,17,21-23H,8-9,12-16,18-19H2,1-4H3,(H,33,42)(H,34,45)(H3,31,36,44)/t21-,22-,23-/m0/s1. The number of hydrogen-bond acceptors (Lipinski definition) is 12. The Morgan fingerprint density at radius 3 is 2.56 bits per heavy atom. The average molecular weight is 673 g/mol. The lowest BCUT2D eigenvalue weighted by Crippen LogP contribution is -2.58. The lowest BCUT2D eigenvalue weighted by atomic mass is 9.98. The topological polar surface area (TPSA) is 234 Å². The second-order valence-corrected chi connectivity index (χ2v) is 12.0. The van der Waals surface area contributed by atoms with Crippen LogP contribution in [0.4, 0.5) is 9.59 Å². The summed E-state index contributed by atoms with van der Waals surface area (Å²) < 4.78 is 17.3. The highest BCUT2D eigenvalue weighted by molar-refractivity contribution is 5.93. The number of ether oxygens (including phenoxy) is 3. The fraction of sp³-hybridized carbons (Fsp3) is 0.567. The molecule has 18 heteroatoms. The van der Waals surface area contributed by atoms with Crippen LogP contribution in [-0.4, -0.2) is 98.6 Å². The Morgan fingerprint density at radius 2 is 1.88 bits per heavy atom. The number of alkyl carbamates (subject to hydrolysis) is 1. The minimum Gasteiger partial charge on any atom is -0.460 e. The van der Waals surface area contributed by atoms with Crippen molar-refractivity contribution in [2.45, 2.75) is 96.4 Å². The SMILES string of the molecule is COCn1nnnc1CC[C@H](NC(=O)OCc1ccccc1)C(=O)N1CCCC[C@H]1C(=O)N[C@H](C=NNC(N)=O)CC(=O)OC(C)(C)C. The Balaban J connectivity index is 1.78. The van der Waals surface area contributed by atoms with Crippen molar-refractivity contribution in [3.05, 3.63) is 41.7 Å². The van der Waals surface area contributed by atoms with E-state index < -0.39 is 53.6 Å². The van der Waals surface area contributed by atoms with Crippen LogP contribution < -0.4 is 21.8 Å². The number of nitrogens with zero attached hydrogens (tertiary/aromatic N) is 6. The quantitative estimate of drug-likeness (QED) is 0.117. The third-order valence-electron chi connectivity index (χ3n) is 6.97. The van der Waals surface area contributed by atoms with Gasteiger partial charge in [0.2, 0.25) is 11.8 Å². The van der Waals surface area contributed by atoms with Crippen molar-refractivity contribution < 1.29 is 38.2 Å². The summed E-state index contributed by atoms with van der Waals surface area (Å²) in [5, 5.41) is 20.6. The molecule has 262 valence electrons. The van der Waals surface area contributed by atoms with Gasteiger partial charge in [-0.2, -0.15) is 5.10 Å². The monoisotopic (exact) mass is 672 g/mol.